The topological polar surface area (TPSA) is 68.9 Å². The van der Waals surface area contributed by atoms with Crippen molar-refractivity contribution in [1.29, 1.82) is 0 Å². The van der Waals surface area contributed by atoms with E-state index in [9.17, 15) is 9.59 Å². The second-order valence-electron chi connectivity index (χ2n) is 6.99. The zero-order chi connectivity index (χ0) is 19.6. The first-order valence-corrected chi connectivity index (χ1v) is 9.27. The van der Waals surface area contributed by atoms with Crippen molar-refractivity contribution in [1.82, 2.24) is 19.7 Å². The van der Waals surface area contributed by atoms with E-state index in [0.29, 0.717) is 12.1 Å². The van der Waals surface area contributed by atoms with Crippen molar-refractivity contribution in [3.05, 3.63) is 53.5 Å². The van der Waals surface area contributed by atoms with Crippen molar-refractivity contribution < 1.29 is 9.59 Å². The fourth-order valence-electron chi connectivity index (χ4n) is 3.42. The zero-order valence-corrected chi connectivity index (χ0v) is 16.3. The second-order valence-corrected chi connectivity index (χ2v) is 6.99. The molecule has 0 aliphatic heterocycles. The maximum Gasteiger partial charge on any atom is 0.242 e. The SMILES string of the molecule is CC(=O)c1cn([C@H](C)C(=O)NCCCn2nc(C)cc2C)c2ccccc12. The van der Waals surface area contributed by atoms with Gasteiger partial charge in [0.25, 0.3) is 0 Å². The van der Waals surface area contributed by atoms with Crippen LogP contribution in [0.3, 0.4) is 0 Å². The van der Waals surface area contributed by atoms with Crippen LogP contribution in [0.1, 0.15) is 48.1 Å². The molecule has 27 heavy (non-hydrogen) atoms. The molecule has 0 aliphatic carbocycles. The minimum absolute atomic E-state index is 0.00226. The predicted octanol–water partition coefficient (Wildman–Crippen LogP) is 3.42. The second kappa shape index (κ2) is 7.78. The first kappa shape index (κ1) is 18.9. The predicted molar refractivity (Wildman–Crippen MR) is 106 cm³/mol. The van der Waals surface area contributed by atoms with Crippen LogP contribution < -0.4 is 5.32 Å². The summed E-state index contributed by atoms with van der Waals surface area (Å²) in [5.41, 5.74) is 3.68. The van der Waals surface area contributed by atoms with Crippen molar-refractivity contribution in [2.45, 2.75) is 46.7 Å². The Labute approximate surface area is 159 Å². The van der Waals surface area contributed by atoms with Crippen LogP contribution in [0, 0.1) is 13.8 Å². The van der Waals surface area contributed by atoms with Gasteiger partial charge in [-0.05, 0) is 46.2 Å². The van der Waals surface area contributed by atoms with Crippen LogP contribution in [-0.4, -0.2) is 32.6 Å². The molecule has 1 atom stereocenters. The number of carbonyl (C=O) groups excluding carboxylic acids is 2. The van der Waals surface area contributed by atoms with Crippen molar-refractivity contribution in [3.8, 4) is 0 Å². The van der Waals surface area contributed by atoms with E-state index in [4.69, 9.17) is 0 Å². The molecule has 0 radical (unpaired) electrons. The smallest absolute Gasteiger partial charge is 0.242 e. The minimum atomic E-state index is -0.392. The molecular formula is C21H26N4O2. The molecule has 0 bridgehead atoms. The Kier molecular flexibility index (Phi) is 5.44. The number of benzene rings is 1. The highest BCUT2D eigenvalue weighted by molar-refractivity contribution is 6.07. The van der Waals surface area contributed by atoms with Crippen LogP contribution >= 0.6 is 0 Å². The van der Waals surface area contributed by atoms with Gasteiger partial charge in [0.1, 0.15) is 6.04 Å². The van der Waals surface area contributed by atoms with E-state index in [1.807, 2.05) is 60.4 Å². The summed E-state index contributed by atoms with van der Waals surface area (Å²) in [6, 6.07) is 9.34. The first-order chi connectivity index (χ1) is 12.9. The third-order valence-corrected chi connectivity index (χ3v) is 4.87. The van der Waals surface area contributed by atoms with Crippen LogP contribution in [-0.2, 0) is 11.3 Å². The molecule has 6 nitrogen and oxygen atoms in total. The minimum Gasteiger partial charge on any atom is -0.354 e. The molecule has 0 saturated heterocycles. The molecule has 0 aliphatic rings. The fraction of sp³-hybridized carbons (Fsp3) is 0.381. The molecule has 1 N–H and O–H groups in total. The van der Waals surface area contributed by atoms with Gasteiger partial charge in [0, 0.05) is 41.4 Å². The number of nitrogens with one attached hydrogen (secondary N) is 1. The molecule has 1 amide bonds. The van der Waals surface area contributed by atoms with Gasteiger partial charge in [0.2, 0.25) is 5.91 Å². The van der Waals surface area contributed by atoms with E-state index in [-0.39, 0.29) is 11.7 Å². The number of hydrogen-bond acceptors (Lipinski definition) is 3. The average Bonchev–Trinajstić information content (AvgIpc) is 3.17. The van der Waals surface area contributed by atoms with E-state index >= 15 is 0 Å². The molecule has 6 heteroatoms. The number of Topliss-reactive ketones (excluding diaryl/α,β-unsaturated/α-hetero) is 1. The summed E-state index contributed by atoms with van der Waals surface area (Å²) in [6.07, 6.45) is 2.60. The van der Waals surface area contributed by atoms with Gasteiger partial charge in [0.15, 0.2) is 5.78 Å². The third-order valence-electron chi connectivity index (χ3n) is 4.87. The highest BCUT2D eigenvalue weighted by atomic mass is 16.2. The van der Waals surface area contributed by atoms with Crippen LogP contribution in [0.5, 0.6) is 0 Å². The number of nitrogens with zero attached hydrogens (tertiary/aromatic N) is 3. The summed E-state index contributed by atoms with van der Waals surface area (Å²) >= 11 is 0. The Bertz CT molecular complexity index is 983. The lowest BCUT2D eigenvalue weighted by Gasteiger charge is -2.15. The molecule has 0 fully saturated rings. The quantitative estimate of drug-likeness (QED) is 0.514. The summed E-state index contributed by atoms with van der Waals surface area (Å²) < 4.78 is 3.84. The molecular weight excluding hydrogens is 340 g/mol. The van der Waals surface area contributed by atoms with Gasteiger partial charge in [-0.1, -0.05) is 18.2 Å². The molecule has 1 aromatic carbocycles. The van der Waals surface area contributed by atoms with E-state index in [1.54, 1.807) is 13.1 Å². The van der Waals surface area contributed by atoms with Gasteiger partial charge < -0.3 is 9.88 Å². The van der Waals surface area contributed by atoms with Crippen LogP contribution in [0.15, 0.2) is 36.5 Å². The molecule has 0 spiro atoms. The summed E-state index contributed by atoms with van der Waals surface area (Å²) in [4.78, 5) is 24.5. The third kappa shape index (κ3) is 3.94. The Morgan fingerprint density at radius 1 is 1.22 bits per heavy atom. The van der Waals surface area contributed by atoms with Gasteiger partial charge in [0.05, 0.1) is 5.69 Å². The number of rotatable bonds is 7. The van der Waals surface area contributed by atoms with Crippen LogP contribution in [0.2, 0.25) is 0 Å². The maximum atomic E-state index is 12.6. The van der Waals surface area contributed by atoms with Gasteiger partial charge in [-0.25, -0.2) is 0 Å². The fourth-order valence-corrected chi connectivity index (χ4v) is 3.42. The van der Waals surface area contributed by atoms with E-state index < -0.39 is 6.04 Å². The average molecular weight is 366 g/mol. The lowest BCUT2D eigenvalue weighted by molar-refractivity contribution is -0.123. The number of hydrogen-bond donors (Lipinski definition) is 1. The summed E-state index contributed by atoms with van der Waals surface area (Å²) in [5.74, 6) is -0.0540. The number of para-hydroxylation sites is 1. The Morgan fingerprint density at radius 3 is 2.63 bits per heavy atom. The van der Waals surface area contributed by atoms with Crippen molar-refractivity contribution in [2.75, 3.05) is 6.54 Å². The molecule has 2 aromatic heterocycles. The monoisotopic (exact) mass is 366 g/mol. The van der Waals surface area contributed by atoms with E-state index in [0.717, 1.165) is 35.3 Å². The Morgan fingerprint density at radius 2 is 1.96 bits per heavy atom. The highest BCUT2D eigenvalue weighted by Crippen LogP contribution is 2.25. The molecule has 3 aromatic rings. The van der Waals surface area contributed by atoms with Crippen molar-refractivity contribution >= 4 is 22.6 Å². The van der Waals surface area contributed by atoms with E-state index in [1.165, 1.54) is 0 Å². The van der Waals surface area contributed by atoms with Gasteiger partial charge in [-0.3, -0.25) is 14.3 Å². The molecule has 3 rings (SSSR count). The number of fused-ring (bicyclic) bond motifs is 1. The van der Waals surface area contributed by atoms with Gasteiger partial charge in [-0.15, -0.1) is 0 Å². The van der Waals surface area contributed by atoms with Gasteiger partial charge >= 0.3 is 0 Å². The number of aromatic nitrogens is 3. The zero-order valence-electron chi connectivity index (χ0n) is 16.3. The number of carbonyl (C=O) groups is 2. The standard InChI is InChI=1S/C21H26N4O2/c1-14-12-15(2)25(23-14)11-7-10-22-21(27)16(3)24-13-19(17(4)26)18-8-5-6-9-20(18)24/h5-6,8-9,12-13,16H,7,10-11H2,1-4H3,(H,22,27)/t16-/m1/s1. The van der Waals surface area contributed by atoms with Gasteiger partial charge in [-0.2, -0.15) is 5.10 Å². The van der Waals surface area contributed by atoms with Crippen LogP contribution in [0.4, 0.5) is 0 Å². The van der Waals surface area contributed by atoms with Crippen LogP contribution in [0.25, 0.3) is 10.9 Å². The largest absolute Gasteiger partial charge is 0.354 e. The summed E-state index contributed by atoms with van der Waals surface area (Å²) in [5, 5.41) is 8.31. The number of ketones is 1. The molecule has 0 unspecified atom stereocenters. The highest BCUT2D eigenvalue weighted by Gasteiger charge is 2.19. The summed E-state index contributed by atoms with van der Waals surface area (Å²) in [7, 11) is 0. The normalized spacial score (nSPS) is 12.3. The Hall–Kier alpha value is -2.89. The lowest BCUT2D eigenvalue weighted by atomic mass is 10.1. The number of aryl methyl sites for hydroxylation is 3. The molecule has 142 valence electrons. The molecule has 0 saturated carbocycles. The van der Waals surface area contributed by atoms with E-state index in [2.05, 4.69) is 10.4 Å². The summed E-state index contributed by atoms with van der Waals surface area (Å²) in [6.45, 7) is 8.77. The first-order valence-electron chi connectivity index (χ1n) is 9.27. The van der Waals surface area contributed by atoms with Crippen molar-refractivity contribution in [3.63, 3.8) is 0 Å². The molecule has 2 heterocycles. The lowest BCUT2D eigenvalue weighted by Crippen LogP contribution is -2.32. The Balaban J connectivity index is 1.64. The number of amides is 1. The maximum absolute atomic E-state index is 12.6. The van der Waals surface area contributed by atoms with Crippen molar-refractivity contribution in [2.24, 2.45) is 0 Å².